The van der Waals surface area contributed by atoms with Gasteiger partial charge in [-0.3, -0.25) is 0 Å². The predicted molar refractivity (Wildman–Crippen MR) is 238 cm³/mol. The smallest absolute Gasteiger partial charge is 0.200 e. The molecule has 0 fully saturated rings. The summed E-state index contributed by atoms with van der Waals surface area (Å²) in [5.41, 5.74) is -12.9. The normalized spacial score (nSPS) is 12.1. The number of benzene rings is 5. The third-order valence-corrected chi connectivity index (χ3v) is 12.7. The monoisotopic (exact) mass is 1080 g/mol. The van der Waals surface area contributed by atoms with Gasteiger partial charge in [-0.1, -0.05) is 97.3 Å². The van der Waals surface area contributed by atoms with E-state index in [-0.39, 0.29) is 0 Å². The molecule has 2 nitrogen and oxygen atoms in total. The lowest BCUT2D eigenvalue weighted by Gasteiger charge is -2.44. The number of quaternary nitrogens is 1. The Bertz CT molecular complexity index is 2340. The lowest BCUT2D eigenvalue weighted by Crippen LogP contribution is -3.03. The molecule has 0 spiro atoms. The van der Waals surface area contributed by atoms with Crippen molar-refractivity contribution in [1.82, 2.24) is 0 Å². The maximum absolute atomic E-state index is 15.4. The Morgan fingerprint density at radius 1 is 0.311 bits per heavy atom. The molecular formula is C51H50BF20NO. The molecule has 0 aliphatic heterocycles. The summed E-state index contributed by atoms with van der Waals surface area (Å²) >= 11 is 0. The van der Waals surface area contributed by atoms with Crippen LogP contribution in [0.25, 0.3) is 0 Å². The van der Waals surface area contributed by atoms with Gasteiger partial charge in [0, 0.05) is 12.1 Å². The zero-order valence-corrected chi connectivity index (χ0v) is 40.1. The van der Waals surface area contributed by atoms with Crippen LogP contribution >= 0.6 is 0 Å². The number of hydrogen-bond donors (Lipinski definition) is 1. The minimum Gasteiger partial charge on any atom is -0.494 e. The lowest BCUT2D eigenvalue weighted by atomic mass is 9.12. The van der Waals surface area contributed by atoms with Crippen molar-refractivity contribution in [2.75, 3.05) is 20.2 Å². The van der Waals surface area contributed by atoms with Gasteiger partial charge in [0.2, 0.25) is 0 Å². The molecule has 0 aromatic heterocycles. The Labute approximate surface area is 413 Å². The molecule has 0 saturated heterocycles. The average Bonchev–Trinajstić information content (AvgIpc) is 3.39. The second kappa shape index (κ2) is 27.4. The number of unbranched alkanes of at least 4 members (excludes halogenated alkanes) is 14. The molecular weight excluding hydrogens is 1030 g/mol. The first kappa shape index (κ1) is 61.1. The highest BCUT2D eigenvalue weighted by atomic mass is 19.2. The fraction of sp³-hybridized carbons (Fsp3) is 0.412. The minimum absolute atomic E-state index is 0.856. The van der Waals surface area contributed by atoms with Gasteiger partial charge in [-0.25, -0.2) is 87.8 Å². The molecule has 1 N–H and O–H groups in total. The lowest BCUT2D eigenvalue weighted by molar-refractivity contribution is -0.810. The molecule has 408 valence electrons. The molecule has 5 aromatic carbocycles. The summed E-state index contributed by atoms with van der Waals surface area (Å²) in [5.74, 6) is -70.4. The molecule has 0 bridgehead atoms. The van der Waals surface area contributed by atoms with Gasteiger partial charge in [-0.05, 0) is 31.4 Å². The third-order valence-electron chi connectivity index (χ3n) is 12.7. The van der Waals surface area contributed by atoms with E-state index in [0.29, 0.717) is 0 Å². The Morgan fingerprint density at radius 3 is 0.811 bits per heavy atom. The van der Waals surface area contributed by atoms with Gasteiger partial charge in [0.05, 0.1) is 20.2 Å². The van der Waals surface area contributed by atoms with Crippen LogP contribution in [0.15, 0.2) is 24.3 Å². The standard InChI is InChI=1S/C27H49NO.C24BF20/c1-4-6-8-10-12-14-16-18-24-28(3)26-20-22-27(23-21-26)29-25-19-17-15-13-11-9-7-5-2;26-5-1(6(27)14(35)21(42)13(5)34)25(2-7(28)15(36)22(43)16(37)8(2)29,3-9(30)17(38)23(44)18(39)10(3)31)4-11(32)19(40)24(45)20(41)12(4)33/h20-23H,4-19,24-25H2,1-3H3;/q;-1/p+1. The largest absolute Gasteiger partial charge is 0.494 e. The molecule has 1 unspecified atom stereocenters. The summed E-state index contributed by atoms with van der Waals surface area (Å²) in [4.78, 5) is 1.52. The van der Waals surface area contributed by atoms with E-state index in [4.69, 9.17) is 4.74 Å². The van der Waals surface area contributed by atoms with Gasteiger partial charge >= 0.3 is 0 Å². The van der Waals surface area contributed by atoms with Crippen molar-refractivity contribution in [2.24, 2.45) is 0 Å². The van der Waals surface area contributed by atoms with Gasteiger partial charge in [-0.2, -0.15) is 0 Å². The Balaban J connectivity index is 0.000000354. The molecule has 1 atom stereocenters. The van der Waals surface area contributed by atoms with Crippen molar-refractivity contribution in [3.8, 4) is 5.75 Å². The van der Waals surface area contributed by atoms with E-state index in [1.165, 1.54) is 120 Å². The van der Waals surface area contributed by atoms with Crippen molar-refractivity contribution in [3.05, 3.63) is 141 Å². The van der Waals surface area contributed by atoms with E-state index in [1.54, 1.807) is 0 Å². The summed E-state index contributed by atoms with van der Waals surface area (Å²) in [5, 5.41) is 0. The topological polar surface area (TPSA) is 13.7 Å². The number of hydrogen-bond acceptors (Lipinski definition) is 1. The molecule has 0 aliphatic carbocycles. The van der Waals surface area contributed by atoms with Crippen molar-refractivity contribution in [3.63, 3.8) is 0 Å². The van der Waals surface area contributed by atoms with Crippen LogP contribution in [-0.4, -0.2) is 26.3 Å². The van der Waals surface area contributed by atoms with Gasteiger partial charge in [0.25, 0.3) is 0 Å². The minimum atomic E-state index is -7.22. The number of rotatable bonds is 24. The first-order chi connectivity index (χ1) is 35.0. The summed E-state index contributed by atoms with van der Waals surface area (Å²) in [7, 11) is 2.29. The molecule has 0 aliphatic rings. The molecule has 0 saturated carbocycles. The highest BCUT2D eigenvalue weighted by Crippen LogP contribution is 2.31. The van der Waals surface area contributed by atoms with Gasteiger partial charge < -0.3 is 9.64 Å². The number of nitrogens with one attached hydrogen (secondary N) is 1. The second-order valence-electron chi connectivity index (χ2n) is 17.7. The summed E-state index contributed by atoms with van der Waals surface area (Å²) in [6, 6.07) is 8.78. The predicted octanol–water partition coefficient (Wildman–Crippen LogP) is 13.3. The van der Waals surface area contributed by atoms with E-state index in [0.717, 1.165) is 12.4 Å². The zero-order chi connectivity index (χ0) is 55.4. The van der Waals surface area contributed by atoms with Crippen molar-refractivity contribution in [2.45, 2.75) is 117 Å². The van der Waals surface area contributed by atoms with E-state index < -0.39 is 144 Å². The third kappa shape index (κ3) is 12.8. The molecule has 0 radical (unpaired) electrons. The first-order valence-electron chi connectivity index (χ1n) is 23.8. The second-order valence-corrected chi connectivity index (χ2v) is 17.7. The SMILES string of the molecule is CCCCCCCCCCOc1ccc([NH+](C)CCCCCCCCCC)cc1.Fc1c(F)c(F)c([B-](c2c(F)c(F)c(F)c(F)c2F)(c2c(F)c(F)c(F)c(F)c2F)c2c(F)c(F)c(F)c(F)c2F)c(F)c1F. The molecule has 23 heteroatoms. The maximum atomic E-state index is 15.4. The molecule has 0 heterocycles. The fourth-order valence-corrected chi connectivity index (χ4v) is 8.80. The average molecular weight is 1080 g/mol. The first-order valence-corrected chi connectivity index (χ1v) is 23.8. The van der Waals surface area contributed by atoms with E-state index >= 15 is 35.1 Å². The van der Waals surface area contributed by atoms with Crippen LogP contribution in [0.1, 0.15) is 117 Å². The van der Waals surface area contributed by atoms with Gasteiger partial charge in [0.15, 0.2) is 69.8 Å². The van der Waals surface area contributed by atoms with E-state index in [1.807, 2.05) is 0 Å². The van der Waals surface area contributed by atoms with E-state index in [2.05, 4.69) is 45.2 Å². The molecule has 0 amide bonds. The summed E-state index contributed by atoms with van der Waals surface area (Å²) < 4.78 is 300. The summed E-state index contributed by atoms with van der Waals surface area (Å²) in [6.45, 7) is 6.65. The Morgan fingerprint density at radius 2 is 0.541 bits per heavy atom. The van der Waals surface area contributed by atoms with Crippen LogP contribution in [0, 0.1) is 116 Å². The van der Waals surface area contributed by atoms with Gasteiger partial charge in [-0.15, -0.1) is 21.9 Å². The van der Waals surface area contributed by atoms with Crippen LogP contribution in [-0.2, 0) is 0 Å². The van der Waals surface area contributed by atoms with Crippen molar-refractivity contribution >= 4 is 33.7 Å². The maximum Gasteiger partial charge on any atom is 0.200 e. The van der Waals surface area contributed by atoms with Crippen LogP contribution in [0.3, 0.4) is 0 Å². The van der Waals surface area contributed by atoms with Crippen molar-refractivity contribution < 1.29 is 97.4 Å². The molecule has 74 heavy (non-hydrogen) atoms. The van der Waals surface area contributed by atoms with Crippen LogP contribution in [0.4, 0.5) is 93.5 Å². The van der Waals surface area contributed by atoms with Crippen LogP contribution in [0.5, 0.6) is 5.75 Å². The zero-order valence-electron chi connectivity index (χ0n) is 40.1. The Kier molecular flexibility index (Phi) is 22.6. The highest BCUT2D eigenvalue weighted by Gasteiger charge is 2.52. The Hall–Kier alpha value is -5.48. The number of halogens is 20. The molecule has 5 rings (SSSR count). The highest BCUT2D eigenvalue weighted by molar-refractivity contribution is 7.20. The summed E-state index contributed by atoms with van der Waals surface area (Å²) in [6.07, 6.45) is 14.7. The van der Waals surface area contributed by atoms with Crippen LogP contribution in [0.2, 0.25) is 0 Å². The van der Waals surface area contributed by atoms with Crippen LogP contribution < -0.4 is 31.5 Å². The number of ether oxygens (including phenoxy) is 1. The quantitative estimate of drug-likeness (QED) is 0.0214. The molecule has 5 aromatic rings. The van der Waals surface area contributed by atoms with Crippen molar-refractivity contribution in [1.29, 1.82) is 0 Å². The van der Waals surface area contributed by atoms with Gasteiger partial charge in [0.1, 0.15) is 64.1 Å². The van der Waals surface area contributed by atoms with E-state index in [9.17, 15) is 52.7 Å². The fourth-order valence-electron chi connectivity index (χ4n) is 8.80.